The van der Waals surface area contributed by atoms with Crippen LogP contribution in [0.25, 0.3) is 0 Å². The maximum Gasteiger partial charge on any atom is 0.261 e. The molecule has 4 rings (SSSR count). The van der Waals surface area contributed by atoms with Gasteiger partial charge in [0.05, 0.1) is 13.2 Å². The molecule has 3 aliphatic heterocycles. The Bertz CT molecular complexity index is 715. The highest BCUT2D eigenvalue weighted by Gasteiger charge is 2.58. The summed E-state index contributed by atoms with van der Waals surface area (Å²) in [5, 5.41) is 0. The molecule has 0 saturated carbocycles. The first-order valence-corrected chi connectivity index (χ1v) is 8.45. The van der Waals surface area contributed by atoms with Crippen LogP contribution in [0.1, 0.15) is 24.8 Å². The van der Waals surface area contributed by atoms with Gasteiger partial charge in [0.25, 0.3) is 5.91 Å². The third-order valence-electron chi connectivity index (χ3n) is 5.00. The van der Waals surface area contributed by atoms with E-state index in [9.17, 15) is 4.79 Å². The molecule has 1 fully saturated rings. The number of amides is 1. The van der Waals surface area contributed by atoms with E-state index in [2.05, 4.69) is 20.9 Å². The highest BCUT2D eigenvalue weighted by Crippen LogP contribution is 2.52. The number of carbonyl (C=O) groups is 1. The van der Waals surface area contributed by atoms with E-state index in [1.54, 1.807) is 7.05 Å². The van der Waals surface area contributed by atoms with Gasteiger partial charge in [0, 0.05) is 36.3 Å². The van der Waals surface area contributed by atoms with Gasteiger partial charge in [0.2, 0.25) is 0 Å². The number of nitrogens with two attached hydrogens (primary N) is 1. The van der Waals surface area contributed by atoms with Crippen molar-refractivity contribution < 1.29 is 14.3 Å². The average molecular weight is 380 g/mol. The number of likely N-dealkylation sites (N-methyl/N-ethyl adjacent to an activating group) is 1. The highest BCUT2D eigenvalue weighted by molar-refractivity contribution is 9.10. The predicted molar refractivity (Wildman–Crippen MR) is 88.2 cm³/mol. The second-order valence-electron chi connectivity index (χ2n) is 6.41. The van der Waals surface area contributed by atoms with Crippen molar-refractivity contribution in [1.29, 1.82) is 0 Å². The molecule has 6 nitrogen and oxygen atoms in total. The van der Waals surface area contributed by atoms with Gasteiger partial charge in [-0.15, -0.1) is 0 Å². The van der Waals surface area contributed by atoms with Crippen molar-refractivity contribution >= 4 is 27.8 Å². The summed E-state index contributed by atoms with van der Waals surface area (Å²) in [7, 11) is 1.67. The Hall–Kier alpha value is -1.60. The summed E-state index contributed by atoms with van der Waals surface area (Å²) >= 11 is 3.48. The largest absolute Gasteiger partial charge is 0.487 e. The molecule has 23 heavy (non-hydrogen) atoms. The lowest BCUT2D eigenvalue weighted by Gasteiger charge is -2.46. The smallest absolute Gasteiger partial charge is 0.261 e. The quantitative estimate of drug-likeness (QED) is 0.744. The first-order chi connectivity index (χ1) is 11.0. The highest BCUT2D eigenvalue weighted by atomic mass is 79.9. The fourth-order valence-electron chi connectivity index (χ4n) is 3.76. The standard InChI is InChI=1S/C16H18BrN3O3/c1-20-13(21)16(19-14(20)18)9-15(4-6-22-7-5-15)23-12-3-2-10(17)8-11(12)16/h2-3,8H,4-7,9H2,1H3,(H2,18,19). The number of nitrogens with zero attached hydrogens (tertiary/aromatic N) is 2. The maximum atomic E-state index is 13.0. The van der Waals surface area contributed by atoms with Gasteiger partial charge < -0.3 is 15.2 Å². The fourth-order valence-corrected chi connectivity index (χ4v) is 4.12. The van der Waals surface area contributed by atoms with Crippen molar-refractivity contribution in [2.75, 3.05) is 20.3 Å². The van der Waals surface area contributed by atoms with Gasteiger partial charge in [-0.2, -0.15) is 0 Å². The molecule has 1 atom stereocenters. The van der Waals surface area contributed by atoms with Crippen LogP contribution in [0.3, 0.4) is 0 Å². The van der Waals surface area contributed by atoms with Crippen LogP contribution < -0.4 is 10.5 Å². The van der Waals surface area contributed by atoms with Crippen molar-refractivity contribution in [3.63, 3.8) is 0 Å². The minimum absolute atomic E-state index is 0.0940. The zero-order chi connectivity index (χ0) is 16.2. The minimum Gasteiger partial charge on any atom is -0.487 e. The molecular formula is C16H18BrN3O3. The number of benzene rings is 1. The van der Waals surface area contributed by atoms with E-state index < -0.39 is 11.1 Å². The first kappa shape index (κ1) is 15.0. The van der Waals surface area contributed by atoms with Crippen LogP contribution in [-0.2, 0) is 15.1 Å². The number of guanidine groups is 1. The van der Waals surface area contributed by atoms with Gasteiger partial charge >= 0.3 is 0 Å². The molecule has 0 bridgehead atoms. The second kappa shape index (κ2) is 4.95. The van der Waals surface area contributed by atoms with E-state index in [0.717, 1.165) is 22.9 Å². The number of hydrogen-bond acceptors (Lipinski definition) is 5. The Morgan fingerprint density at radius 2 is 2.09 bits per heavy atom. The van der Waals surface area contributed by atoms with E-state index in [0.29, 0.717) is 25.4 Å². The Morgan fingerprint density at radius 1 is 1.35 bits per heavy atom. The SMILES string of the molecule is CN1C(=O)C2(CC3(CCOCC3)Oc3ccc(Br)cc32)N=C1N. The molecule has 1 aromatic carbocycles. The fraction of sp³-hybridized carbons (Fsp3) is 0.500. The van der Waals surface area contributed by atoms with Crippen LogP contribution in [0.4, 0.5) is 0 Å². The molecule has 3 aliphatic rings. The summed E-state index contributed by atoms with van der Waals surface area (Å²) in [4.78, 5) is 19.1. The van der Waals surface area contributed by atoms with Crippen molar-refractivity contribution in [3.05, 3.63) is 28.2 Å². The van der Waals surface area contributed by atoms with Crippen LogP contribution >= 0.6 is 15.9 Å². The summed E-state index contributed by atoms with van der Waals surface area (Å²) in [6.45, 7) is 1.26. The monoisotopic (exact) mass is 379 g/mol. The number of rotatable bonds is 0. The summed E-state index contributed by atoms with van der Waals surface area (Å²) in [6.07, 6.45) is 1.99. The van der Waals surface area contributed by atoms with Crippen LogP contribution in [0.15, 0.2) is 27.7 Å². The molecule has 1 aromatic rings. The first-order valence-electron chi connectivity index (χ1n) is 7.66. The zero-order valence-electron chi connectivity index (χ0n) is 12.8. The summed E-state index contributed by atoms with van der Waals surface area (Å²) in [5.41, 5.74) is 5.32. The third-order valence-corrected chi connectivity index (χ3v) is 5.50. The van der Waals surface area contributed by atoms with Gasteiger partial charge in [-0.25, -0.2) is 4.99 Å². The Labute approximate surface area is 142 Å². The topological polar surface area (TPSA) is 77.2 Å². The van der Waals surface area contributed by atoms with Crippen molar-refractivity contribution in [2.24, 2.45) is 10.7 Å². The number of fused-ring (bicyclic) bond motifs is 2. The van der Waals surface area contributed by atoms with Gasteiger partial charge in [-0.3, -0.25) is 9.69 Å². The molecule has 0 aromatic heterocycles. The Balaban J connectivity index is 1.91. The van der Waals surface area contributed by atoms with Gasteiger partial charge in [-0.05, 0) is 18.2 Å². The molecule has 2 N–H and O–H groups in total. The van der Waals surface area contributed by atoms with Crippen LogP contribution in [0, 0.1) is 0 Å². The predicted octanol–water partition coefficient (Wildman–Crippen LogP) is 1.76. The molecule has 1 saturated heterocycles. The number of aliphatic imine (C=N–C) groups is 1. The molecule has 0 aliphatic carbocycles. The molecule has 0 radical (unpaired) electrons. The van der Waals surface area contributed by atoms with E-state index >= 15 is 0 Å². The average Bonchev–Trinajstić information content (AvgIpc) is 2.74. The normalized spacial score (nSPS) is 28.7. The van der Waals surface area contributed by atoms with Crippen LogP contribution in [0.2, 0.25) is 0 Å². The van der Waals surface area contributed by atoms with Gasteiger partial charge in [0.15, 0.2) is 11.5 Å². The van der Waals surface area contributed by atoms with Gasteiger partial charge in [0.1, 0.15) is 11.4 Å². The number of ether oxygens (including phenoxy) is 2. The molecule has 2 spiro atoms. The van der Waals surface area contributed by atoms with E-state index in [-0.39, 0.29) is 11.9 Å². The van der Waals surface area contributed by atoms with E-state index in [4.69, 9.17) is 15.2 Å². The minimum atomic E-state index is -0.993. The number of carbonyl (C=O) groups excluding carboxylic acids is 1. The number of hydrogen-bond donors (Lipinski definition) is 1. The van der Waals surface area contributed by atoms with Gasteiger partial charge in [-0.1, -0.05) is 15.9 Å². The molecular weight excluding hydrogens is 362 g/mol. The Morgan fingerprint density at radius 3 is 2.74 bits per heavy atom. The lowest BCUT2D eigenvalue weighted by Crippen LogP contribution is -2.53. The van der Waals surface area contributed by atoms with Crippen LogP contribution in [-0.4, -0.2) is 42.6 Å². The maximum absolute atomic E-state index is 13.0. The molecule has 1 unspecified atom stereocenters. The molecule has 122 valence electrons. The summed E-state index contributed by atoms with van der Waals surface area (Å²) in [6, 6.07) is 5.73. The molecule has 3 heterocycles. The zero-order valence-corrected chi connectivity index (χ0v) is 14.4. The van der Waals surface area contributed by atoms with Crippen molar-refractivity contribution in [2.45, 2.75) is 30.4 Å². The summed E-state index contributed by atoms with van der Waals surface area (Å²) < 4.78 is 12.7. The lowest BCUT2D eigenvalue weighted by atomic mass is 9.73. The lowest BCUT2D eigenvalue weighted by molar-refractivity contribution is -0.137. The van der Waals surface area contributed by atoms with Crippen molar-refractivity contribution in [3.8, 4) is 5.75 Å². The molecule has 1 amide bonds. The van der Waals surface area contributed by atoms with Crippen molar-refractivity contribution in [1.82, 2.24) is 4.90 Å². The van der Waals surface area contributed by atoms with E-state index in [1.807, 2.05) is 18.2 Å². The van der Waals surface area contributed by atoms with Crippen LogP contribution in [0.5, 0.6) is 5.75 Å². The summed E-state index contributed by atoms with van der Waals surface area (Å²) in [5.74, 6) is 0.870. The third kappa shape index (κ3) is 2.10. The number of halogens is 1. The second-order valence-corrected chi connectivity index (χ2v) is 7.32. The molecule has 7 heteroatoms. The Kier molecular flexibility index (Phi) is 3.22. The van der Waals surface area contributed by atoms with E-state index in [1.165, 1.54) is 4.90 Å².